The van der Waals surface area contributed by atoms with Crippen molar-refractivity contribution in [3.63, 3.8) is 0 Å². The minimum Gasteiger partial charge on any atom is -0.349 e. The van der Waals surface area contributed by atoms with Crippen molar-refractivity contribution < 1.29 is 14.0 Å². The van der Waals surface area contributed by atoms with E-state index < -0.39 is 0 Å². The van der Waals surface area contributed by atoms with Crippen LogP contribution >= 0.6 is 0 Å². The quantitative estimate of drug-likeness (QED) is 0.685. The van der Waals surface area contributed by atoms with Crippen molar-refractivity contribution in [2.24, 2.45) is 5.92 Å². The molecule has 4 nitrogen and oxygen atoms in total. The molecule has 2 atom stereocenters. The van der Waals surface area contributed by atoms with Gasteiger partial charge in [-0.25, -0.2) is 4.39 Å². The first-order valence-corrected chi connectivity index (χ1v) is 10.4. The number of likely N-dealkylation sites (tertiary alicyclic amines) is 1. The molecule has 0 aromatic heterocycles. The second-order valence-corrected chi connectivity index (χ2v) is 7.90. The first-order chi connectivity index (χ1) is 14.5. The molecule has 1 aliphatic rings. The number of carbonyl (C=O) groups is 2. The van der Waals surface area contributed by atoms with Crippen LogP contribution < -0.4 is 5.32 Å². The summed E-state index contributed by atoms with van der Waals surface area (Å²) in [6.07, 6.45) is 1.54. The summed E-state index contributed by atoms with van der Waals surface area (Å²) in [5.41, 5.74) is 1.53. The van der Waals surface area contributed by atoms with Crippen molar-refractivity contribution in [3.8, 4) is 0 Å². The molecule has 0 bridgehead atoms. The zero-order valence-corrected chi connectivity index (χ0v) is 17.0. The molecule has 2 amide bonds. The van der Waals surface area contributed by atoms with E-state index in [4.69, 9.17) is 0 Å². The number of nitrogens with one attached hydrogen (secondary N) is 1. The van der Waals surface area contributed by atoms with Gasteiger partial charge in [-0.15, -0.1) is 0 Å². The van der Waals surface area contributed by atoms with E-state index in [0.717, 1.165) is 29.2 Å². The third-order valence-electron chi connectivity index (χ3n) is 5.83. The summed E-state index contributed by atoms with van der Waals surface area (Å²) in [7, 11) is 0. The molecule has 30 heavy (non-hydrogen) atoms. The second kappa shape index (κ2) is 8.66. The van der Waals surface area contributed by atoms with Crippen LogP contribution in [0.1, 0.15) is 41.7 Å². The van der Waals surface area contributed by atoms with Gasteiger partial charge in [0.1, 0.15) is 5.82 Å². The predicted octanol–water partition coefficient (Wildman–Crippen LogP) is 4.71. The number of fused-ring (bicyclic) bond motifs is 1. The summed E-state index contributed by atoms with van der Waals surface area (Å²) < 4.78 is 13.1. The SMILES string of the molecule is CC(NC(=O)C1CCCN(C(=O)c2cccc3ccccc23)C1)c1ccc(F)cc1. The normalized spacial score (nSPS) is 17.5. The molecule has 0 aliphatic carbocycles. The Labute approximate surface area is 175 Å². The van der Waals surface area contributed by atoms with Crippen LogP contribution in [0.5, 0.6) is 0 Å². The Morgan fingerprint density at radius 3 is 2.57 bits per heavy atom. The number of piperidine rings is 1. The van der Waals surface area contributed by atoms with Gasteiger partial charge in [0.15, 0.2) is 0 Å². The summed E-state index contributed by atoms with van der Waals surface area (Å²) >= 11 is 0. The number of hydrogen-bond donors (Lipinski definition) is 1. The molecule has 0 radical (unpaired) electrons. The van der Waals surface area contributed by atoms with Crippen molar-refractivity contribution in [3.05, 3.63) is 83.7 Å². The first-order valence-electron chi connectivity index (χ1n) is 10.4. The van der Waals surface area contributed by atoms with Crippen LogP contribution in [0.4, 0.5) is 4.39 Å². The van der Waals surface area contributed by atoms with Crippen LogP contribution in [0.3, 0.4) is 0 Å². The average molecular weight is 404 g/mol. The Kier molecular flexibility index (Phi) is 5.79. The van der Waals surface area contributed by atoms with Gasteiger partial charge in [0.2, 0.25) is 5.91 Å². The number of rotatable bonds is 4. The lowest BCUT2D eigenvalue weighted by atomic mass is 9.95. The van der Waals surface area contributed by atoms with Gasteiger partial charge in [-0.1, -0.05) is 48.5 Å². The zero-order chi connectivity index (χ0) is 21.1. The topological polar surface area (TPSA) is 49.4 Å². The van der Waals surface area contributed by atoms with Gasteiger partial charge < -0.3 is 10.2 Å². The molecule has 3 aromatic rings. The third kappa shape index (κ3) is 4.20. The fourth-order valence-corrected chi connectivity index (χ4v) is 4.12. The van der Waals surface area contributed by atoms with Crippen molar-refractivity contribution in [1.29, 1.82) is 0 Å². The number of halogens is 1. The molecule has 0 saturated carbocycles. The lowest BCUT2D eigenvalue weighted by molar-refractivity contribution is -0.127. The van der Waals surface area contributed by atoms with Gasteiger partial charge in [0.05, 0.1) is 12.0 Å². The molecule has 0 spiro atoms. The third-order valence-corrected chi connectivity index (χ3v) is 5.83. The van der Waals surface area contributed by atoms with E-state index in [9.17, 15) is 14.0 Å². The molecule has 2 unspecified atom stereocenters. The highest BCUT2D eigenvalue weighted by molar-refractivity contribution is 6.07. The van der Waals surface area contributed by atoms with E-state index in [1.807, 2.05) is 49.4 Å². The van der Waals surface area contributed by atoms with Gasteiger partial charge in [-0.2, -0.15) is 0 Å². The van der Waals surface area contributed by atoms with Crippen molar-refractivity contribution in [1.82, 2.24) is 10.2 Å². The molecule has 154 valence electrons. The first kappa shape index (κ1) is 20.1. The molecule has 1 heterocycles. The maximum atomic E-state index is 13.2. The predicted molar refractivity (Wildman–Crippen MR) is 116 cm³/mol. The molecule has 5 heteroatoms. The average Bonchev–Trinajstić information content (AvgIpc) is 2.78. The van der Waals surface area contributed by atoms with Gasteiger partial charge in [0, 0.05) is 18.7 Å². The van der Waals surface area contributed by atoms with Crippen LogP contribution in [0.2, 0.25) is 0 Å². The summed E-state index contributed by atoms with van der Waals surface area (Å²) in [6.45, 7) is 2.94. The van der Waals surface area contributed by atoms with Crippen molar-refractivity contribution >= 4 is 22.6 Å². The second-order valence-electron chi connectivity index (χ2n) is 7.90. The van der Waals surface area contributed by atoms with Crippen molar-refractivity contribution in [2.45, 2.75) is 25.8 Å². The van der Waals surface area contributed by atoms with Gasteiger partial charge in [-0.05, 0) is 54.3 Å². The minimum atomic E-state index is -0.299. The Balaban J connectivity index is 1.45. The summed E-state index contributed by atoms with van der Waals surface area (Å²) in [6, 6.07) is 19.5. The van der Waals surface area contributed by atoms with Crippen LogP contribution in [-0.4, -0.2) is 29.8 Å². The van der Waals surface area contributed by atoms with Crippen LogP contribution in [0, 0.1) is 11.7 Å². The van der Waals surface area contributed by atoms with Crippen molar-refractivity contribution in [2.75, 3.05) is 13.1 Å². The number of nitrogens with zero attached hydrogens (tertiary/aromatic N) is 1. The van der Waals surface area contributed by atoms with Gasteiger partial charge in [-0.3, -0.25) is 9.59 Å². The lowest BCUT2D eigenvalue weighted by Gasteiger charge is -2.33. The zero-order valence-electron chi connectivity index (χ0n) is 17.0. The van der Waals surface area contributed by atoms with Crippen LogP contribution in [0.25, 0.3) is 10.8 Å². The van der Waals surface area contributed by atoms with E-state index in [0.29, 0.717) is 18.7 Å². The smallest absolute Gasteiger partial charge is 0.254 e. The van der Waals surface area contributed by atoms with E-state index in [1.165, 1.54) is 12.1 Å². The number of carbonyl (C=O) groups excluding carboxylic acids is 2. The molecule has 1 N–H and O–H groups in total. The fraction of sp³-hybridized carbons (Fsp3) is 0.280. The number of hydrogen-bond acceptors (Lipinski definition) is 2. The lowest BCUT2D eigenvalue weighted by Crippen LogP contribution is -2.45. The highest BCUT2D eigenvalue weighted by Crippen LogP contribution is 2.24. The molecular weight excluding hydrogens is 379 g/mol. The Bertz CT molecular complexity index is 1060. The van der Waals surface area contributed by atoms with Gasteiger partial charge in [0.25, 0.3) is 5.91 Å². The van der Waals surface area contributed by atoms with Crippen LogP contribution in [0.15, 0.2) is 66.7 Å². The van der Waals surface area contributed by atoms with E-state index >= 15 is 0 Å². The summed E-state index contributed by atoms with van der Waals surface area (Å²) in [4.78, 5) is 27.8. The molecule has 1 saturated heterocycles. The summed E-state index contributed by atoms with van der Waals surface area (Å²) in [5.74, 6) is -0.647. The number of benzene rings is 3. The Hall–Kier alpha value is -3.21. The maximum Gasteiger partial charge on any atom is 0.254 e. The monoisotopic (exact) mass is 404 g/mol. The molecule has 3 aromatic carbocycles. The number of amides is 2. The standard InChI is InChI=1S/C25H25FN2O2/c1-17(18-11-13-21(26)14-12-18)27-24(29)20-8-5-15-28(16-20)25(30)23-10-4-7-19-6-2-3-9-22(19)23/h2-4,6-7,9-14,17,20H,5,8,15-16H2,1H3,(H,27,29). The molecule has 1 fully saturated rings. The van der Waals surface area contributed by atoms with E-state index in [1.54, 1.807) is 17.0 Å². The maximum absolute atomic E-state index is 13.2. The van der Waals surface area contributed by atoms with E-state index in [-0.39, 0.29) is 29.6 Å². The van der Waals surface area contributed by atoms with Gasteiger partial charge >= 0.3 is 0 Å². The molecule has 1 aliphatic heterocycles. The summed E-state index contributed by atoms with van der Waals surface area (Å²) in [5, 5.41) is 4.98. The highest BCUT2D eigenvalue weighted by atomic mass is 19.1. The Morgan fingerprint density at radius 1 is 1.03 bits per heavy atom. The fourth-order valence-electron chi connectivity index (χ4n) is 4.12. The minimum absolute atomic E-state index is 0.0316. The van der Waals surface area contributed by atoms with Crippen LogP contribution in [-0.2, 0) is 4.79 Å². The highest BCUT2D eigenvalue weighted by Gasteiger charge is 2.30. The Morgan fingerprint density at radius 2 is 1.77 bits per heavy atom. The molecule has 4 rings (SSSR count). The van der Waals surface area contributed by atoms with E-state index in [2.05, 4.69) is 5.32 Å². The largest absolute Gasteiger partial charge is 0.349 e. The molecular formula is C25H25FN2O2.